The summed E-state index contributed by atoms with van der Waals surface area (Å²) in [7, 11) is 0. The number of carbonyl (C=O) groups is 3. The van der Waals surface area contributed by atoms with Gasteiger partial charge in [-0.25, -0.2) is 0 Å². The molecule has 42 heavy (non-hydrogen) atoms. The van der Waals surface area contributed by atoms with Crippen molar-refractivity contribution in [3.63, 3.8) is 0 Å². The molecule has 0 aromatic carbocycles. The van der Waals surface area contributed by atoms with Crippen LogP contribution >= 0.6 is 0 Å². The van der Waals surface area contributed by atoms with E-state index in [4.69, 9.17) is 0 Å². The maximum atomic E-state index is 13.3. The summed E-state index contributed by atoms with van der Waals surface area (Å²) >= 11 is 0. The second-order valence-corrected chi connectivity index (χ2v) is 9.15. The highest BCUT2D eigenvalue weighted by atomic mass is 16.3. The summed E-state index contributed by atoms with van der Waals surface area (Å²) in [6, 6.07) is 0. The van der Waals surface area contributed by atoms with Crippen molar-refractivity contribution in [1.82, 2.24) is 45.9 Å². The number of amides is 1. The molecule has 5 rings (SSSR count). The standard InChI is InChI=1S/C27H25N11O4/c1-16-31-33-35-37(16)28-13-18-6-8-24(40)22(10-18)27(20-4-3-5-21(12-20)30-26(42)15-39)23-11-19(7-9-25(23)41)14-29-38-17(2)32-34-36-38/h3,5-14,28-29,39H,4,15H2,1-2H3,(H,30,42)/b18-13+,19-14+. The number of tetrazole rings is 2. The van der Waals surface area contributed by atoms with Gasteiger partial charge in [-0.2, -0.15) is 0 Å². The first-order chi connectivity index (χ1) is 20.3. The number of carbonyl (C=O) groups excluding carboxylic acids is 3. The van der Waals surface area contributed by atoms with E-state index in [1.165, 1.54) is 21.7 Å². The number of ketones is 2. The Balaban J connectivity index is 1.60. The minimum Gasteiger partial charge on any atom is -0.387 e. The van der Waals surface area contributed by atoms with Gasteiger partial charge in [0, 0.05) is 34.8 Å². The Morgan fingerprint density at radius 3 is 1.88 bits per heavy atom. The van der Waals surface area contributed by atoms with Crippen molar-refractivity contribution in [2.24, 2.45) is 0 Å². The molecule has 0 aliphatic heterocycles. The molecule has 15 heteroatoms. The van der Waals surface area contributed by atoms with Crippen LogP contribution in [0, 0.1) is 13.8 Å². The third-order valence-corrected chi connectivity index (χ3v) is 6.22. The van der Waals surface area contributed by atoms with E-state index in [1.54, 1.807) is 68.8 Å². The summed E-state index contributed by atoms with van der Waals surface area (Å²) in [4.78, 5) is 41.3. The number of aliphatic hydroxyl groups excluding tert-OH is 1. The first kappa shape index (κ1) is 27.7. The van der Waals surface area contributed by atoms with E-state index in [1.807, 2.05) is 0 Å². The molecular formula is C27H25N11O4. The Morgan fingerprint density at radius 1 is 0.857 bits per heavy atom. The Kier molecular flexibility index (Phi) is 8.01. The molecule has 0 fully saturated rings. The fourth-order valence-corrected chi connectivity index (χ4v) is 4.19. The van der Waals surface area contributed by atoms with Crippen LogP contribution in [0.1, 0.15) is 18.1 Å². The van der Waals surface area contributed by atoms with E-state index in [9.17, 15) is 19.5 Å². The zero-order chi connectivity index (χ0) is 29.6. The summed E-state index contributed by atoms with van der Waals surface area (Å²) in [5, 5.41) is 34.3. The minimum atomic E-state index is -0.691. The quantitative estimate of drug-likeness (QED) is 0.339. The van der Waals surface area contributed by atoms with Gasteiger partial charge in [-0.3, -0.25) is 25.2 Å². The number of nitrogens with zero attached hydrogens (tertiary/aromatic N) is 8. The lowest BCUT2D eigenvalue weighted by Crippen LogP contribution is -2.25. The molecule has 3 aliphatic carbocycles. The summed E-state index contributed by atoms with van der Waals surface area (Å²) in [5.41, 5.74) is 9.10. The number of hydrogen-bond donors (Lipinski definition) is 4. The Bertz CT molecular complexity index is 1640. The van der Waals surface area contributed by atoms with E-state index < -0.39 is 12.5 Å². The van der Waals surface area contributed by atoms with Gasteiger partial charge >= 0.3 is 0 Å². The zero-order valence-electron chi connectivity index (χ0n) is 22.5. The fraction of sp³-hybridized carbons (Fsp3) is 0.148. The van der Waals surface area contributed by atoms with E-state index >= 15 is 0 Å². The van der Waals surface area contributed by atoms with Crippen LogP contribution in [0.3, 0.4) is 0 Å². The third kappa shape index (κ3) is 6.15. The number of allylic oxidation sites excluding steroid dienone is 15. The topological polar surface area (TPSA) is 195 Å². The van der Waals surface area contributed by atoms with Crippen molar-refractivity contribution in [3.05, 3.63) is 118 Å². The lowest BCUT2D eigenvalue weighted by Gasteiger charge is -2.22. The van der Waals surface area contributed by atoms with Gasteiger partial charge in [0.15, 0.2) is 23.2 Å². The molecule has 3 aliphatic rings. The third-order valence-electron chi connectivity index (χ3n) is 6.22. The Labute approximate surface area is 238 Å². The molecule has 0 unspecified atom stereocenters. The summed E-state index contributed by atoms with van der Waals surface area (Å²) < 4.78 is 0. The number of nitrogens with one attached hydrogen (secondary N) is 3. The maximum Gasteiger partial charge on any atom is 0.250 e. The highest BCUT2D eigenvalue weighted by Gasteiger charge is 2.27. The van der Waals surface area contributed by atoms with Gasteiger partial charge in [0.25, 0.3) is 0 Å². The van der Waals surface area contributed by atoms with Crippen LogP contribution in [0.25, 0.3) is 0 Å². The van der Waals surface area contributed by atoms with Crippen molar-refractivity contribution in [1.29, 1.82) is 0 Å². The minimum absolute atomic E-state index is 0.270. The summed E-state index contributed by atoms with van der Waals surface area (Å²) in [6.45, 7) is 2.76. The number of aryl methyl sites for hydroxylation is 2. The SMILES string of the molecule is Cc1nnnn1N/C=C1\C=CC(=O)C(C(C2=C/C(=C/Nn3nnnc3C)C=CC2=O)=C2C=C(NC(=O)CO)C=CC2)=C1. The predicted molar refractivity (Wildman–Crippen MR) is 149 cm³/mol. The summed E-state index contributed by atoms with van der Waals surface area (Å²) in [6.07, 6.45) is 18.2. The van der Waals surface area contributed by atoms with Crippen molar-refractivity contribution < 1.29 is 19.5 Å². The molecule has 2 aromatic heterocycles. The molecule has 1 amide bonds. The number of aliphatic hydroxyl groups is 1. The van der Waals surface area contributed by atoms with Crippen LogP contribution in [0.2, 0.25) is 0 Å². The predicted octanol–water partition coefficient (Wildman–Crippen LogP) is 0.211. The number of rotatable bonds is 8. The average Bonchev–Trinajstić information content (AvgIpc) is 3.60. The molecular weight excluding hydrogens is 542 g/mol. The second-order valence-electron chi connectivity index (χ2n) is 9.15. The van der Waals surface area contributed by atoms with Gasteiger partial charge in [0.2, 0.25) is 5.91 Å². The van der Waals surface area contributed by atoms with Crippen LogP contribution in [0.5, 0.6) is 0 Å². The average molecular weight is 568 g/mol. The van der Waals surface area contributed by atoms with E-state index in [0.717, 1.165) is 0 Å². The molecule has 212 valence electrons. The van der Waals surface area contributed by atoms with Crippen molar-refractivity contribution in [3.8, 4) is 0 Å². The monoisotopic (exact) mass is 567 g/mol. The zero-order valence-corrected chi connectivity index (χ0v) is 22.5. The Morgan fingerprint density at radius 2 is 1.40 bits per heavy atom. The fourth-order valence-electron chi connectivity index (χ4n) is 4.19. The number of aromatic nitrogens is 8. The molecule has 0 radical (unpaired) electrons. The molecule has 0 saturated carbocycles. The second kappa shape index (κ2) is 12.1. The van der Waals surface area contributed by atoms with Gasteiger partial charge in [-0.1, -0.05) is 6.08 Å². The van der Waals surface area contributed by atoms with Crippen molar-refractivity contribution in [2.45, 2.75) is 20.3 Å². The molecule has 0 bridgehead atoms. The summed E-state index contributed by atoms with van der Waals surface area (Å²) in [5.74, 6) is -0.160. The van der Waals surface area contributed by atoms with Crippen LogP contribution < -0.4 is 16.2 Å². The van der Waals surface area contributed by atoms with Crippen LogP contribution in [0.15, 0.2) is 106 Å². The van der Waals surface area contributed by atoms with Gasteiger partial charge in [-0.05, 0) is 106 Å². The molecule has 4 N–H and O–H groups in total. The van der Waals surface area contributed by atoms with Gasteiger partial charge < -0.3 is 10.4 Å². The maximum absolute atomic E-state index is 13.3. The first-order valence-corrected chi connectivity index (χ1v) is 12.7. The smallest absolute Gasteiger partial charge is 0.250 e. The molecule has 15 nitrogen and oxygen atoms in total. The highest BCUT2D eigenvalue weighted by molar-refractivity contribution is 6.17. The van der Waals surface area contributed by atoms with Crippen molar-refractivity contribution in [2.75, 3.05) is 17.5 Å². The lowest BCUT2D eigenvalue weighted by atomic mass is 9.81. The molecule has 0 saturated heterocycles. The van der Waals surface area contributed by atoms with E-state index in [0.29, 0.717) is 46.1 Å². The van der Waals surface area contributed by atoms with Gasteiger partial charge in [-0.15, -0.1) is 19.8 Å². The molecule has 2 aromatic rings. The van der Waals surface area contributed by atoms with Gasteiger partial charge in [0.05, 0.1) is 0 Å². The van der Waals surface area contributed by atoms with Crippen LogP contribution in [-0.4, -0.2) is 69.8 Å². The molecule has 0 spiro atoms. The Hall–Kier alpha value is -5.83. The lowest BCUT2D eigenvalue weighted by molar-refractivity contribution is -0.123. The van der Waals surface area contributed by atoms with E-state index in [-0.39, 0.29) is 22.7 Å². The normalized spacial score (nSPS) is 18.3. The first-order valence-electron chi connectivity index (χ1n) is 12.7. The van der Waals surface area contributed by atoms with Crippen LogP contribution in [0.4, 0.5) is 0 Å². The van der Waals surface area contributed by atoms with Crippen molar-refractivity contribution >= 4 is 17.5 Å². The highest BCUT2D eigenvalue weighted by Crippen LogP contribution is 2.34. The van der Waals surface area contributed by atoms with Crippen LogP contribution in [-0.2, 0) is 14.4 Å². The largest absolute Gasteiger partial charge is 0.387 e. The van der Waals surface area contributed by atoms with Gasteiger partial charge in [0.1, 0.15) is 6.61 Å². The molecule has 0 atom stereocenters. The number of hydrogen-bond acceptors (Lipinski definition) is 12. The molecule has 2 heterocycles. The van der Waals surface area contributed by atoms with E-state index in [2.05, 4.69) is 47.2 Å².